The number of hydrogen-bond acceptors (Lipinski definition) is 4. The predicted octanol–water partition coefficient (Wildman–Crippen LogP) is 2.82. The first-order valence-corrected chi connectivity index (χ1v) is 9.81. The molecule has 0 spiro atoms. The van der Waals surface area contributed by atoms with Crippen molar-refractivity contribution in [1.82, 2.24) is 9.62 Å². The zero-order chi connectivity index (χ0) is 18.0. The number of nitrogens with one attached hydrogen (secondary N) is 1. The number of benzene rings is 1. The van der Waals surface area contributed by atoms with Gasteiger partial charge in [0, 0.05) is 24.2 Å². The summed E-state index contributed by atoms with van der Waals surface area (Å²) < 4.78 is 32.0. The molecule has 8 heteroatoms. The van der Waals surface area contributed by atoms with E-state index in [1.165, 1.54) is 16.4 Å². The number of carbonyl (C=O) groups is 1. The molecule has 1 aromatic carbocycles. The fourth-order valence-electron chi connectivity index (χ4n) is 2.83. The third-order valence-corrected chi connectivity index (χ3v) is 6.32. The van der Waals surface area contributed by atoms with Crippen molar-refractivity contribution in [2.24, 2.45) is 0 Å². The molecular formula is C17H19ClN2O4S. The number of halogens is 1. The highest BCUT2D eigenvalue weighted by Crippen LogP contribution is 2.23. The molecule has 0 atom stereocenters. The van der Waals surface area contributed by atoms with Gasteiger partial charge in [-0.3, -0.25) is 4.79 Å². The number of rotatable bonds is 4. The summed E-state index contributed by atoms with van der Waals surface area (Å²) in [6.45, 7) is 2.46. The molecule has 0 bridgehead atoms. The zero-order valence-corrected chi connectivity index (χ0v) is 15.3. The van der Waals surface area contributed by atoms with Gasteiger partial charge < -0.3 is 9.73 Å². The van der Waals surface area contributed by atoms with Crippen LogP contribution in [-0.2, 0) is 10.0 Å². The van der Waals surface area contributed by atoms with E-state index in [2.05, 4.69) is 5.32 Å². The van der Waals surface area contributed by atoms with E-state index >= 15 is 0 Å². The van der Waals surface area contributed by atoms with Crippen molar-refractivity contribution in [1.29, 1.82) is 0 Å². The Kier molecular flexibility index (Phi) is 5.17. The van der Waals surface area contributed by atoms with Gasteiger partial charge in [-0.05, 0) is 50.1 Å². The maximum absolute atomic E-state index is 12.7. The van der Waals surface area contributed by atoms with Crippen LogP contribution >= 0.6 is 11.6 Å². The summed E-state index contributed by atoms with van der Waals surface area (Å²) in [5.74, 6) is 0.670. The van der Waals surface area contributed by atoms with Gasteiger partial charge in [0.1, 0.15) is 5.76 Å². The van der Waals surface area contributed by atoms with Crippen molar-refractivity contribution in [3.8, 4) is 0 Å². The Morgan fingerprint density at radius 2 is 1.96 bits per heavy atom. The SMILES string of the molecule is Cc1ccc(C(=O)NC2CCN(S(=O)(=O)c3cccc(Cl)c3)CC2)o1. The lowest BCUT2D eigenvalue weighted by atomic mass is 10.1. The number of furan rings is 1. The van der Waals surface area contributed by atoms with Gasteiger partial charge in [0.05, 0.1) is 4.90 Å². The third-order valence-electron chi connectivity index (χ3n) is 4.19. The van der Waals surface area contributed by atoms with Gasteiger partial charge >= 0.3 is 0 Å². The maximum Gasteiger partial charge on any atom is 0.287 e. The lowest BCUT2D eigenvalue weighted by Crippen LogP contribution is -2.46. The molecule has 3 rings (SSSR count). The van der Waals surface area contributed by atoms with Crippen molar-refractivity contribution >= 4 is 27.5 Å². The molecule has 1 fully saturated rings. The minimum absolute atomic E-state index is 0.0799. The lowest BCUT2D eigenvalue weighted by Gasteiger charge is -2.31. The lowest BCUT2D eigenvalue weighted by molar-refractivity contribution is 0.0894. The van der Waals surface area contributed by atoms with E-state index in [4.69, 9.17) is 16.0 Å². The molecule has 1 saturated heterocycles. The predicted molar refractivity (Wildman–Crippen MR) is 94.1 cm³/mol. The molecule has 1 aliphatic rings. The maximum atomic E-state index is 12.7. The van der Waals surface area contributed by atoms with E-state index in [0.717, 1.165) is 0 Å². The molecule has 1 N–H and O–H groups in total. The third kappa shape index (κ3) is 4.05. The van der Waals surface area contributed by atoms with Crippen molar-refractivity contribution in [2.75, 3.05) is 13.1 Å². The summed E-state index contributed by atoms with van der Waals surface area (Å²) in [6, 6.07) is 9.52. The number of carbonyl (C=O) groups excluding carboxylic acids is 1. The largest absolute Gasteiger partial charge is 0.456 e. The van der Waals surface area contributed by atoms with Crippen LogP contribution in [0.15, 0.2) is 45.7 Å². The number of aryl methyl sites for hydroxylation is 1. The molecule has 25 heavy (non-hydrogen) atoms. The van der Waals surface area contributed by atoms with Gasteiger partial charge in [-0.2, -0.15) is 4.31 Å². The highest BCUT2D eigenvalue weighted by molar-refractivity contribution is 7.89. The monoisotopic (exact) mass is 382 g/mol. The Bertz CT molecular complexity index is 870. The Morgan fingerprint density at radius 1 is 1.24 bits per heavy atom. The number of nitrogens with zero attached hydrogens (tertiary/aromatic N) is 1. The summed E-state index contributed by atoms with van der Waals surface area (Å²) in [4.78, 5) is 12.3. The van der Waals surface area contributed by atoms with E-state index < -0.39 is 10.0 Å². The summed E-state index contributed by atoms with van der Waals surface area (Å²) >= 11 is 5.89. The minimum Gasteiger partial charge on any atom is -0.456 e. The van der Waals surface area contributed by atoms with Gasteiger partial charge in [0.25, 0.3) is 5.91 Å². The average molecular weight is 383 g/mol. The first-order valence-electron chi connectivity index (χ1n) is 7.99. The molecule has 6 nitrogen and oxygen atoms in total. The van der Waals surface area contributed by atoms with Crippen molar-refractivity contribution in [3.05, 3.63) is 52.9 Å². The van der Waals surface area contributed by atoms with Gasteiger partial charge in [-0.15, -0.1) is 0 Å². The van der Waals surface area contributed by atoms with Crippen molar-refractivity contribution in [2.45, 2.75) is 30.7 Å². The fourth-order valence-corrected chi connectivity index (χ4v) is 4.60. The van der Waals surface area contributed by atoms with Crippen LogP contribution in [0.1, 0.15) is 29.2 Å². The molecule has 2 heterocycles. The normalized spacial score (nSPS) is 16.7. The second kappa shape index (κ2) is 7.19. The van der Waals surface area contributed by atoms with Crippen LogP contribution in [0.3, 0.4) is 0 Å². The molecule has 1 aromatic heterocycles. The molecule has 0 unspecified atom stereocenters. The molecule has 1 amide bonds. The molecule has 2 aromatic rings. The Labute approximate surface area is 151 Å². The fraction of sp³-hybridized carbons (Fsp3) is 0.353. The Balaban J connectivity index is 1.61. The van der Waals surface area contributed by atoms with Crippen LogP contribution in [0.25, 0.3) is 0 Å². The molecule has 0 radical (unpaired) electrons. The summed E-state index contributed by atoms with van der Waals surface area (Å²) in [5, 5.41) is 3.28. The smallest absolute Gasteiger partial charge is 0.287 e. The zero-order valence-electron chi connectivity index (χ0n) is 13.7. The molecule has 0 saturated carbocycles. The van der Waals surface area contributed by atoms with Gasteiger partial charge in [0.15, 0.2) is 5.76 Å². The van der Waals surface area contributed by atoms with Gasteiger partial charge in [-0.1, -0.05) is 17.7 Å². The number of amides is 1. The van der Waals surface area contributed by atoms with Crippen LogP contribution in [0.4, 0.5) is 0 Å². The molecule has 1 aliphatic heterocycles. The van der Waals surface area contributed by atoms with Gasteiger partial charge in [-0.25, -0.2) is 8.42 Å². The van der Waals surface area contributed by atoms with Crippen molar-refractivity contribution in [3.63, 3.8) is 0 Å². The topological polar surface area (TPSA) is 79.6 Å². The van der Waals surface area contributed by atoms with Crippen LogP contribution < -0.4 is 5.32 Å². The Morgan fingerprint density at radius 3 is 2.56 bits per heavy atom. The van der Waals surface area contributed by atoms with Crippen LogP contribution in [-0.4, -0.2) is 37.8 Å². The average Bonchev–Trinajstić information content (AvgIpc) is 3.02. The van der Waals surface area contributed by atoms with Crippen molar-refractivity contribution < 1.29 is 17.6 Å². The van der Waals surface area contributed by atoms with E-state index in [-0.39, 0.29) is 22.6 Å². The number of hydrogen-bond donors (Lipinski definition) is 1. The van der Waals surface area contributed by atoms with E-state index in [1.54, 1.807) is 31.2 Å². The molecule has 0 aliphatic carbocycles. The van der Waals surface area contributed by atoms with Crippen LogP contribution in [0.5, 0.6) is 0 Å². The molecule has 134 valence electrons. The number of piperidine rings is 1. The number of sulfonamides is 1. The summed E-state index contributed by atoms with van der Waals surface area (Å²) in [7, 11) is -3.57. The van der Waals surface area contributed by atoms with E-state index in [0.29, 0.717) is 36.7 Å². The highest BCUT2D eigenvalue weighted by atomic mass is 35.5. The van der Waals surface area contributed by atoms with E-state index in [1.807, 2.05) is 0 Å². The standard InChI is InChI=1S/C17H19ClN2O4S/c1-12-5-6-16(24-12)17(21)19-14-7-9-20(10-8-14)25(22,23)15-4-2-3-13(18)11-15/h2-6,11,14H,7-10H2,1H3,(H,19,21). The van der Waals surface area contributed by atoms with Crippen LogP contribution in [0.2, 0.25) is 5.02 Å². The van der Waals surface area contributed by atoms with Crippen LogP contribution in [0, 0.1) is 6.92 Å². The molecular weight excluding hydrogens is 364 g/mol. The Hall–Kier alpha value is -1.83. The first kappa shape index (κ1) is 18.0. The van der Waals surface area contributed by atoms with E-state index in [9.17, 15) is 13.2 Å². The second-order valence-corrected chi connectivity index (χ2v) is 8.39. The summed E-state index contributed by atoms with van der Waals surface area (Å²) in [6.07, 6.45) is 1.09. The van der Waals surface area contributed by atoms with Gasteiger partial charge in [0.2, 0.25) is 10.0 Å². The second-order valence-electron chi connectivity index (χ2n) is 6.02. The summed E-state index contributed by atoms with van der Waals surface area (Å²) in [5.41, 5.74) is 0. The quantitative estimate of drug-likeness (QED) is 0.881. The highest BCUT2D eigenvalue weighted by Gasteiger charge is 2.30. The minimum atomic E-state index is -3.57. The first-order chi connectivity index (χ1) is 11.9.